The summed E-state index contributed by atoms with van der Waals surface area (Å²) in [4.78, 5) is 0. The topological polar surface area (TPSA) is 12.0 Å². The van der Waals surface area contributed by atoms with Gasteiger partial charge in [0.2, 0.25) is 0 Å². The van der Waals surface area contributed by atoms with Crippen molar-refractivity contribution in [3.8, 4) is 11.1 Å². The Hall–Kier alpha value is -1.60. The third-order valence-corrected chi connectivity index (χ3v) is 3.82. The van der Waals surface area contributed by atoms with Gasteiger partial charge in [-0.2, -0.15) is 0 Å². The molecule has 0 aromatic heterocycles. The molecular weight excluding hydrogens is 218 g/mol. The van der Waals surface area contributed by atoms with Gasteiger partial charge in [-0.3, -0.25) is 0 Å². The van der Waals surface area contributed by atoms with Crippen LogP contribution in [0.1, 0.15) is 22.3 Å². The van der Waals surface area contributed by atoms with E-state index in [1.165, 1.54) is 33.4 Å². The molecule has 1 nitrogen and oxygen atoms in total. The first-order chi connectivity index (χ1) is 8.75. The molecule has 2 aromatic rings. The molecule has 0 atom stereocenters. The van der Waals surface area contributed by atoms with Crippen molar-refractivity contribution in [2.75, 3.05) is 6.54 Å². The molecule has 1 aliphatic rings. The lowest BCUT2D eigenvalue weighted by Crippen LogP contribution is -2.24. The van der Waals surface area contributed by atoms with Crippen LogP contribution in [0.4, 0.5) is 0 Å². The average molecular weight is 237 g/mol. The van der Waals surface area contributed by atoms with E-state index in [4.69, 9.17) is 0 Å². The van der Waals surface area contributed by atoms with E-state index in [2.05, 4.69) is 55.6 Å². The second kappa shape index (κ2) is 4.58. The highest BCUT2D eigenvalue weighted by molar-refractivity contribution is 5.72. The molecule has 0 spiro atoms. The fourth-order valence-electron chi connectivity index (χ4n) is 2.88. The summed E-state index contributed by atoms with van der Waals surface area (Å²) >= 11 is 0. The highest BCUT2D eigenvalue weighted by Crippen LogP contribution is 2.30. The minimum Gasteiger partial charge on any atom is -0.312 e. The van der Waals surface area contributed by atoms with Gasteiger partial charge in [0, 0.05) is 6.54 Å². The van der Waals surface area contributed by atoms with Crippen LogP contribution in [0.5, 0.6) is 0 Å². The molecule has 1 heterocycles. The minimum atomic E-state index is 0.999. The van der Waals surface area contributed by atoms with E-state index in [1.54, 1.807) is 0 Å². The van der Waals surface area contributed by atoms with E-state index >= 15 is 0 Å². The fourth-order valence-corrected chi connectivity index (χ4v) is 2.88. The summed E-state index contributed by atoms with van der Waals surface area (Å²) in [6, 6.07) is 13.4. The van der Waals surface area contributed by atoms with Crippen molar-refractivity contribution in [3.05, 3.63) is 58.7 Å². The predicted molar refractivity (Wildman–Crippen MR) is 76.8 cm³/mol. The second-order valence-electron chi connectivity index (χ2n) is 5.19. The SMILES string of the molecule is Cc1ccc(-c2cccc3c2CNCC3)c(C)c1. The molecule has 3 rings (SSSR count). The molecule has 1 N–H and O–H groups in total. The maximum absolute atomic E-state index is 3.48. The first-order valence-corrected chi connectivity index (χ1v) is 6.65. The number of hydrogen-bond acceptors (Lipinski definition) is 1. The summed E-state index contributed by atoms with van der Waals surface area (Å²) in [7, 11) is 0. The Kier molecular flexibility index (Phi) is 2.92. The lowest BCUT2D eigenvalue weighted by atomic mass is 9.89. The van der Waals surface area contributed by atoms with Crippen molar-refractivity contribution in [1.29, 1.82) is 0 Å². The predicted octanol–water partition coefficient (Wildman–Crippen LogP) is 3.62. The van der Waals surface area contributed by atoms with E-state index in [1.807, 2.05) is 0 Å². The second-order valence-corrected chi connectivity index (χ2v) is 5.19. The molecule has 1 aliphatic heterocycles. The first kappa shape index (κ1) is 11.5. The molecule has 1 heteroatoms. The number of rotatable bonds is 1. The fraction of sp³-hybridized carbons (Fsp3) is 0.294. The Morgan fingerprint density at radius 2 is 1.89 bits per heavy atom. The van der Waals surface area contributed by atoms with Gasteiger partial charge in [0.05, 0.1) is 0 Å². The molecule has 18 heavy (non-hydrogen) atoms. The normalized spacial score (nSPS) is 14.3. The molecule has 0 saturated carbocycles. The quantitative estimate of drug-likeness (QED) is 0.799. The van der Waals surface area contributed by atoms with Crippen molar-refractivity contribution >= 4 is 0 Å². The number of hydrogen-bond donors (Lipinski definition) is 1. The lowest BCUT2D eigenvalue weighted by molar-refractivity contribution is 0.645. The molecule has 92 valence electrons. The van der Waals surface area contributed by atoms with Gasteiger partial charge in [-0.25, -0.2) is 0 Å². The van der Waals surface area contributed by atoms with Crippen LogP contribution in [0.3, 0.4) is 0 Å². The minimum absolute atomic E-state index is 0.999. The van der Waals surface area contributed by atoms with Crippen molar-refractivity contribution in [2.45, 2.75) is 26.8 Å². The molecule has 0 saturated heterocycles. The first-order valence-electron chi connectivity index (χ1n) is 6.65. The average Bonchev–Trinajstić information content (AvgIpc) is 2.38. The van der Waals surface area contributed by atoms with Gasteiger partial charge in [0.25, 0.3) is 0 Å². The Morgan fingerprint density at radius 1 is 1.00 bits per heavy atom. The van der Waals surface area contributed by atoms with Crippen LogP contribution in [0.15, 0.2) is 36.4 Å². The Bertz CT molecular complexity index is 584. The van der Waals surface area contributed by atoms with E-state index in [0.717, 1.165) is 19.5 Å². The van der Waals surface area contributed by atoms with Crippen LogP contribution in [0.25, 0.3) is 11.1 Å². The Balaban J connectivity index is 2.17. The number of benzene rings is 2. The van der Waals surface area contributed by atoms with Crippen molar-refractivity contribution in [2.24, 2.45) is 0 Å². The van der Waals surface area contributed by atoms with Gasteiger partial charge in [-0.05, 0) is 54.6 Å². The summed E-state index contributed by atoms with van der Waals surface area (Å²) in [5.74, 6) is 0. The van der Waals surface area contributed by atoms with Crippen LogP contribution < -0.4 is 5.32 Å². The molecule has 2 aromatic carbocycles. The summed E-state index contributed by atoms with van der Waals surface area (Å²) < 4.78 is 0. The zero-order valence-corrected chi connectivity index (χ0v) is 11.1. The van der Waals surface area contributed by atoms with Crippen molar-refractivity contribution in [3.63, 3.8) is 0 Å². The zero-order chi connectivity index (χ0) is 12.5. The van der Waals surface area contributed by atoms with Crippen LogP contribution in [0, 0.1) is 13.8 Å². The monoisotopic (exact) mass is 237 g/mol. The summed E-state index contributed by atoms with van der Waals surface area (Å²) in [5, 5.41) is 3.48. The third-order valence-electron chi connectivity index (χ3n) is 3.82. The summed E-state index contributed by atoms with van der Waals surface area (Å²) in [5.41, 5.74) is 8.47. The number of fused-ring (bicyclic) bond motifs is 1. The van der Waals surface area contributed by atoms with Gasteiger partial charge >= 0.3 is 0 Å². The summed E-state index contributed by atoms with van der Waals surface area (Å²) in [6.45, 7) is 6.46. The van der Waals surface area contributed by atoms with Gasteiger partial charge in [0.1, 0.15) is 0 Å². The molecule has 0 fully saturated rings. The summed E-state index contributed by atoms with van der Waals surface area (Å²) in [6.07, 6.45) is 1.15. The van der Waals surface area contributed by atoms with E-state index in [9.17, 15) is 0 Å². The largest absolute Gasteiger partial charge is 0.312 e. The van der Waals surface area contributed by atoms with Crippen LogP contribution in [-0.4, -0.2) is 6.54 Å². The van der Waals surface area contributed by atoms with Gasteiger partial charge in [-0.15, -0.1) is 0 Å². The van der Waals surface area contributed by atoms with E-state index in [-0.39, 0.29) is 0 Å². The molecular formula is C17H19N. The van der Waals surface area contributed by atoms with Crippen molar-refractivity contribution in [1.82, 2.24) is 5.32 Å². The van der Waals surface area contributed by atoms with E-state index < -0.39 is 0 Å². The Labute approximate surface area is 109 Å². The molecule has 0 aliphatic carbocycles. The van der Waals surface area contributed by atoms with Gasteiger partial charge in [-0.1, -0.05) is 42.0 Å². The standard InChI is InChI=1S/C17H19N/c1-12-6-7-15(13(2)10-12)16-5-3-4-14-8-9-18-11-17(14)16/h3-7,10,18H,8-9,11H2,1-2H3. The van der Waals surface area contributed by atoms with Crippen LogP contribution in [-0.2, 0) is 13.0 Å². The van der Waals surface area contributed by atoms with Crippen LogP contribution in [0.2, 0.25) is 0 Å². The Morgan fingerprint density at radius 3 is 2.72 bits per heavy atom. The number of nitrogens with one attached hydrogen (secondary N) is 1. The van der Waals surface area contributed by atoms with Gasteiger partial charge < -0.3 is 5.32 Å². The molecule has 0 amide bonds. The lowest BCUT2D eigenvalue weighted by Gasteiger charge is -2.21. The number of aryl methyl sites for hydroxylation is 2. The van der Waals surface area contributed by atoms with E-state index in [0.29, 0.717) is 0 Å². The highest BCUT2D eigenvalue weighted by Gasteiger charge is 2.14. The maximum Gasteiger partial charge on any atom is 0.0214 e. The zero-order valence-electron chi connectivity index (χ0n) is 11.1. The van der Waals surface area contributed by atoms with Crippen LogP contribution >= 0.6 is 0 Å². The van der Waals surface area contributed by atoms with Gasteiger partial charge in [0.15, 0.2) is 0 Å². The molecule has 0 radical (unpaired) electrons. The highest BCUT2D eigenvalue weighted by atomic mass is 14.9. The molecule has 0 unspecified atom stereocenters. The third kappa shape index (κ3) is 1.95. The smallest absolute Gasteiger partial charge is 0.0214 e. The molecule has 0 bridgehead atoms. The maximum atomic E-state index is 3.48. The van der Waals surface area contributed by atoms with Crippen molar-refractivity contribution < 1.29 is 0 Å².